The second-order valence-corrected chi connectivity index (χ2v) is 7.13. The summed E-state index contributed by atoms with van der Waals surface area (Å²) >= 11 is 0. The zero-order valence-corrected chi connectivity index (χ0v) is 16.6. The average molecular weight is 406 g/mol. The number of benzene rings is 2. The lowest BCUT2D eigenvalue weighted by molar-refractivity contribution is -0.118. The number of carbonyl (C=O) groups excluding carboxylic acids is 2. The first-order valence-corrected chi connectivity index (χ1v) is 9.93. The van der Waals surface area contributed by atoms with Crippen molar-refractivity contribution in [2.24, 2.45) is 0 Å². The molecule has 30 heavy (non-hydrogen) atoms. The van der Waals surface area contributed by atoms with E-state index in [4.69, 9.17) is 9.15 Å². The first kappa shape index (κ1) is 19.7. The standard InChI is InChI=1S/C23H22N2O5/c1-2-15-12-23(28)30-20-13-18(9-10-19(15)20)29-14-21(26)24-16-5-7-17(8-6-16)25-11-3-4-22(25)27/h5-10,12-13H,2-4,11,14H2,1H3,(H,24,26). The van der Waals surface area contributed by atoms with E-state index in [-0.39, 0.29) is 18.4 Å². The number of nitrogens with one attached hydrogen (secondary N) is 1. The molecule has 2 amide bonds. The summed E-state index contributed by atoms with van der Waals surface area (Å²) in [7, 11) is 0. The van der Waals surface area contributed by atoms with Crippen LogP contribution in [0.5, 0.6) is 5.75 Å². The topological polar surface area (TPSA) is 88.8 Å². The lowest BCUT2D eigenvalue weighted by Crippen LogP contribution is -2.23. The first-order chi connectivity index (χ1) is 14.5. The minimum Gasteiger partial charge on any atom is -0.484 e. The number of hydrogen-bond donors (Lipinski definition) is 1. The van der Waals surface area contributed by atoms with Crippen molar-refractivity contribution in [3.8, 4) is 5.75 Å². The molecule has 1 aliphatic rings. The normalized spacial score (nSPS) is 13.6. The molecule has 0 radical (unpaired) electrons. The van der Waals surface area contributed by atoms with Gasteiger partial charge >= 0.3 is 5.63 Å². The third kappa shape index (κ3) is 4.20. The first-order valence-electron chi connectivity index (χ1n) is 9.93. The quantitative estimate of drug-likeness (QED) is 0.633. The third-order valence-corrected chi connectivity index (χ3v) is 5.09. The van der Waals surface area contributed by atoms with E-state index in [1.54, 1.807) is 29.2 Å². The minimum atomic E-state index is -0.409. The van der Waals surface area contributed by atoms with E-state index in [0.29, 0.717) is 23.4 Å². The molecule has 2 heterocycles. The summed E-state index contributed by atoms with van der Waals surface area (Å²) in [5.41, 5.74) is 2.38. The van der Waals surface area contributed by atoms with Crippen LogP contribution in [-0.4, -0.2) is 25.0 Å². The van der Waals surface area contributed by atoms with Crippen molar-refractivity contribution in [2.75, 3.05) is 23.4 Å². The van der Waals surface area contributed by atoms with Crippen LogP contribution >= 0.6 is 0 Å². The Morgan fingerprint density at radius 2 is 1.93 bits per heavy atom. The van der Waals surface area contributed by atoms with Crippen LogP contribution in [0.1, 0.15) is 25.3 Å². The molecule has 1 aromatic heterocycles. The summed E-state index contributed by atoms with van der Waals surface area (Å²) in [6, 6.07) is 13.8. The minimum absolute atomic E-state index is 0.123. The fraction of sp³-hybridized carbons (Fsp3) is 0.261. The summed E-state index contributed by atoms with van der Waals surface area (Å²) in [4.78, 5) is 37.5. The number of hydrogen-bond acceptors (Lipinski definition) is 5. The van der Waals surface area contributed by atoms with Crippen LogP contribution in [0.2, 0.25) is 0 Å². The molecule has 154 valence electrons. The maximum atomic E-state index is 12.2. The van der Waals surface area contributed by atoms with Crippen LogP contribution < -0.4 is 20.6 Å². The van der Waals surface area contributed by atoms with E-state index >= 15 is 0 Å². The predicted octanol–water partition coefficient (Wildman–Crippen LogP) is 3.50. The van der Waals surface area contributed by atoms with E-state index in [1.807, 2.05) is 25.1 Å². The van der Waals surface area contributed by atoms with Crippen molar-refractivity contribution in [1.29, 1.82) is 0 Å². The second-order valence-electron chi connectivity index (χ2n) is 7.13. The second kappa shape index (κ2) is 8.41. The Kier molecular flexibility index (Phi) is 5.52. The number of aryl methyl sites for hydroxylation is 1. The Hall–Kier alpha value is -3.61. The summed E-state index contributed by atoms with van der Waals surface area (Å²) in [6.45, 7) is 2.51. The highest BCUT2D eigenvalue weighted by molar-refractivity contribution is 5.96. The molecule has 0 spiro atoms. The van der Waals surface area contributed by atoms with Gasteiger partial charge in [-0.25, -0.2) is 4.79 Å². The highest BCUT2D eigenvalue weighted by atomic mass is 16.5. The zero-order chi connectivity index (χ0) is 21.1. The molecular formula is C23H22N2O5. The van der Waals surface area contributed by atoms with Gasteiger partial charge in [-0.05, 0) is 54.8 Å². The maximum Gasteiger partial charge on any atom is 0.336 e. The van der Waals surface area contributed by atoms with E-state index in [0.717, 1.165) is 36.0 Å². The molecule has 7 heteroatoms. The van der Waals surface area contributed by atoms with Gasteiger partial charge in [0.1, 0.15) is 11.3 Å². The molecule has 0 unspecified atom stereocenters. The third-order valence-electron chi connectivity index (χ3n) is 5.09. The molecule has 1 aliphatic heterocycles. The van der Waals surface area contributed by atoms with Gasteiger partial charge in [0.2, 0.25) is 5.91 Å². The molecule has 0 aliphatic carbocycles. The molecule has 2 aromatic carbocycles. The van der Waals surface area contributed by atoms with Crippen LogP contribution in [0.3, 0.4) is 0 Å². The van der Waals surface area contributed by atoms with E-state index in [9.17, 15) is 14.4 Å². The summed E-state index contributed by atoms with van der Waals surface area (Å²) < 4.78 is 10.8. The van der Waals surface area contributed by atoms with Gasteiger partial charge in [-0.2, -0.15) is 0 Å². The summed E-state index contributed by atoms with van der Waals surface area (Å²) in [5.74, 6) is 0.248. The number of ether oxygens (including phenoxy) is 1. The monoisotopic (exact) mass is 406 g/mol. The summed E-state index contributed by atoms with van der Waals surface area (Å²) in [6.07, 6.45) is 2.16. The van der Waals surface area contributed by atoms with E-state index in [2.05, 4.69) is 5.32 Å². The van der Waals surface area contributed by atoms with Crippen LogP contribution in [0.25, 0.3) is 11.0 Å². The molecule has 0 bridgehead atoms. The largest absolute Gasteiger partial charge is 0.484 e. The maximum absolute atomic E-state index is 12.2. The van der Waals surface area contributed by atoms with Crippen LogP contribution in [0, 0.1) is 0 Å². The van der Waals surface area contributed by atoms with Crippen molar-refractivity contribution in [2.45, 2.75) is 26.2 Å². The molecule has 1 fully saturated rings. The van der Waals surface area contributed by atoms with Crippen molar-refractivity contribution in [1.82, 2.24) is 0 Å². The van der Waals surface area contributed by atoms with Crippen LogP contribution in [-0.2, 0) is 16.0 Å². The molecule has 4 rings (SSSR count). The van der Waals surface area contributed by atoms with Gasteiger partial charge in [-0.3, -0.25) is 9.59 Å². The highest BCUT2D eigenvalue weighted by Crippen LogP contribution is 2.24. The van der Waals surface area contributed by atoms with Gasteiger partial charge in [0.05, 0.1) is 0 Å². The Morgan fingerprint density at radius 3 is 2.63 bits per heavy atom. The Labute approximate surface area is 173 Å². The van der Waals surface area contributed by atoms with Gasteiger partial charge in [0.15, 0.2) is 6.61 Å². The number of amides is 2. The van der Waals surface area contributed by atoms with Gasteiger partial charge in [0.25, 0.3) is 5.91 Å². The van der Waals surface area contributed by atoms with Crippen LogP contribution in [0.4, 0.5) is 11.4 Å². The summed E-state index contributed by atoms with van der Waals surface area (Å²) in [5, 5.41) is 3.62. The van der Waals surface area contributed by atoms with E-state index < -0.39 is 5.63 Å². The highest BCUT2D eigenvalue weighted by Gasteiger charge is 2.21. The molecule has 1 saturated heterocycles. The molecule has 1 N–H and O–H groups in total. The molecule has 0 saturated carbocycles. The predicted molar refractivity (Wildman–Crippen MR) is 114 cm³/mol. The fourth-order valence-electron chi connectivity index (χ4n) is 3.58. The lowest BCUT2D eigenvalue weighted by Gasteiger charge is -2.16. The van der Waals surface area contributed by atoms with Gasteiger partial charge in [-0.15, -0.1) is 0 Å². The van der Waals surface area contributed by atoms with Gasteiger partial charge in [0, 0.05) is 41.9 Å². The van der Waals surface area contributed by atoms with Gasteiger partial charge in [-0.1, -0.05) is 6.92 Å². The Balaban J connectivity index is 1.37. The number of nitrogens with zero attached hydrogens (tertiary/aromatic N) is 1. The fourth-order valence-corrected chi connectivity index (χ4v) is 3.58. The lowest BCUT2D eigenvalue weighted by atomic mass is 10.1. The molecular weight excluding hydrogens is 384 g/mol. The average Bonchev–Trinajstić information content (AvgIpc) is 3.17. The Morgan fingerprint density at radius 1 is 1.13 bits per heavy atom. The number of carbonyl (C=O) groups is 2. The molecule has 7 nitrogen and oxygen atoms in total. The van der Waals surface area contributed by atoms with Crippen molar-refractivity contribution >= 4 is 34.2 Å². The smallest absolute Gasteiger partial charge is 0.336 e. The van der Waals surface area contributed by atoms with Crippen molar-refractivity contribution < 1.29 is 18.7 Å². The zero-order valence-electron chi connectivity index (χ0n) is 16.6. The Bertz CT molecular complexity index is 1150. The van der Waals surface area contributed by atoms with Crippen LogP contribution in [0.15, 0.2) is 57.7 Å². The van der Waals surface area contributed by atoms with E-state index in [1.165, 1.54) is 6.07 Å². The number of anilines is 2. The number of rotatable bonds is 6. The van der Waals surface area contributed by atoms with Crippen molar-refractivity contribution in [3.63, 3.8) is 0 Å². The van der Waals surface area contributed by atoms with Gasteiger partial charge < -0.3 is 19.4 Å². The SMILES string of the molecule is CCc1cc(=O)oc2cc(OCC(=O)Nc3ccc(N4CCCC4=O)cc3)ccc12. The molecule has 3 aromatic rings. The van der Waals surface area contributed by atoms with Crippen molar-refractivity contribution in [3.05, 3.63) is 64.5 Å². The molecule has 0 atom stereocenters. The number of fused-ring (bicyclic) bond motifs is 1.